The zero-order valence-electron chi connectivity index (χ0n) is 20.3. The summed E-state index contributed by atoms with van der Waals surface area (Å²) in [5.74, 6) is -0.400. The van der Waals surface area contributed by atoms with Crippen LogP contribution in [0.2, 0.25) is 0 Å². The third-order valence-electron chi connectivity index (χ3n) is 6.37. The largest absolute Gasteiger partial charge is 0.507 e. The molecule has 35 heavy (non-hydrogen) atoms. The Hall–Kier alpha value is -4.26. The number of rotatable bonds is 6. The minimum Gasteiger partial charge on any atom is -0.507 e. The lowest BCUT2D eigenvalue weighted by atomic mass is 9.94. The Bertz CT molecular complexity index is 1330. The van der Waals surface area contributed by atoms with Gasteiger partial charge in [-0.05, 0) is 66.9 Å². The molecule has 1 heterocycles. The molecule has 1 aliphatic heterocycles. The normalized spacial score (nSPS) is 16.9. The van der Waals surface area contributed by atoms with Crippen molar-refractivity contribution in [3.8, 4) is 17.2 Å². The van der Waals surface area contributed by atoms with E-state index in [2.05, 4.69) is 0 Å². The fourth-order valence-corrected chi connectivity index (χ4v) is 4.32. The summed E-state index contributed by atoms with van der Waals surface area (Å²) in [6.07, 6.45) is 0. The number of hydrogen-bond acceptors (Lipinski definition) is 6. The van der Waals surface area contributed by atoms with Gasteiger partial charge in [0.15, 0.2) is 0 Å². The minimum absolute atomic E-state index is 0.0346. The summed E-state index contributed by atoms with van der Waals surface area (Å²) >= 11 is 0. The molecular formula is C28H27NO6. The van der Waals surface area contributed by atoms with Gasteiger partial charge in [-0.3, -0.25) is 14.5 Å². The van der Waals surface area contributed by atoms with Gasteiger partial charge in [0.1, 0.15) is 23.0 Å². The molecule has 1 saturated heterocycles. The number of ketones is 1. The molecule has 0 aromatic heterocycles. The second-order valence-electron chi connectivity index (χ2n) is 8.23. The van der Waals surface area contributed by atoms with E-state index in [9.17, 15) is 14.7 Å². The maximum Gasteiger partial charge on any atom is 0.300 e. The van der Waals surface area contributed by atoms with E-state index < -0.39 is 17.7 Å². The number of anilines is 1. The van der Waals surface area contributed by atoms with Crippen LogP contribution in [-0.4, -0.2) is 38.1 Å². The SMILES string of the molecule is COc1ccc(C2/C(=C(\O)c3cc(OC)ccc3OC)C(=O)C(=O)N2c2cccc(C)c2C)cc1. The molecule has 0 spiro atoms. The van der Waals surface area contributed by atoms with Crippen LogP contribution in [0.5, 0.6) is 17.2 Å². The summed E-state index contributed by atoms with van der Waals surface area (Å²) in [6, 6.07) is 16.7. The van der Waals surface area contributed by atoms with Gasteiger partial charge in [-0.1, -0.05) is 24.3 Å². The van der Waals surface area contributed by atoms with Gasteiger partial charge in [0, 0.05) is 5.69 Å². The molecular weight excluding hydrogens is 446 g/mol. The predicted molar refractivity (Wildman–Crippen MR) is 133 cm³/mol. The van der Waals surface area contributed by atoms with E-state index in [1.54, 1.807) is 55.6 Å². The predicted octanol–water partition coefficient (Wildman–Crippen LogP) is 4.96. The van der Waals surface area contributed by atoms with E-state index in [1.807, 2.05) is 26.0 Å². The molecule has 7 nitrogen and oxygen atoms in total. The summed E-state index contributed by atoms with van der Waals surface area (Å²) < 4.78 is 16.0. The van der Waals surface area contributed by atoms with Crippen molar-refractivity contribution in [1.82, 2.24) is 0 Å². The van der Waals surface area contributed by atoms with E-state index in [4.69, 9.17) is 14.2 Å². The standard InChI is InChI=1S/C28H27NO6/c1-16-7-6-8-22(17(16)2)29-25(18-9-11-19(33-3)12-10-18)24(27(31)28(29)32)26(30)21-15-20(34-4)13-14-23(21)35-5/h6-15,25,30H,1-5H3/b26-24+. The van der Waals surface area contributed by atoms with Crippen LogP contribution >= 0.6 is 0 Å². The van der Waals surface area contributed by atoms with Crippen molar-refractivity contribution in [3.63, 3.8) is 0 Å². The number of aryl methyl sites for hydroxylation is 1. The maximum atomic E-state index is 13.5. The maximum absolute atomic E-state index is 13.5. The molecule has 180 valence electrons. The van der Waals surface area contributed by atoms with Crippen LogP contribution < -0.4 is 19.1 Å². The Morgan fingerprint density at radius 1 is 0.857 bits per heavy atom. The van der Waals surface area contributed by atoms with Crippen molar-refractivity contribution < 1.29 is 28.9 Å². The number of ether oxygens (including phenoxy) is 3. The Morgan fingerprint density at radius 2 is 1.51 bits per heavy atom. The summed E-state index contributed by atoms with van der Waals surface area (Å²) in [5, 5.41) is 11.5. The number of benzene rings is 3. The van der Waals surface area contributed by atoms with Gasteiger partial charge >= 0.3 is 0 Å². The second kappa shape index (κ2) is 9.54. The van der Waals surface area contributed by atoms with Gasteiger partial charge < -0.3 is 19.3 Å². The number of aliphatic hydroxyl groups excluding tert-OH is 1. The molecule has 1 amide bonds. The zero-order chi connectivity index (χ0) is 25.3. The molecule has 1 unspecified atom stereocenters. The molecule has 4 rings (SSSR count). The number of aliphatic hydroxyl groups is 1. The lowest BCUT2D eigenvalue weighted by Crippen LogP contribution is -2.30. The Morgan fingerprint density at radius 3 is 2.14 bits per heavy atom. The molecule has 1 aliphatic rings. The van der Waals surface area contributed by atoms with Crippen molar-refractivity contribution in [1.29, 1.82) is 0 Å². The van der Waals surface area contributed by atoms with Crippen molar-refractivity contribution in [2.45, 2.75) is 19.9 Å². The number of carbonyl (C=O) groups is 2. The molecule has 1 fully saturated rings. The smallest absolute Gasteiger partial charge is 0.300 e. The van der Waals surface area contributed by atoms with Crippen molar-refractivity contribution in [2.75, 3.05) is 26.2 Å². The second-order valence-corrected chi connectivity index (χ2v) is 8.23. The monoisotopic (exact) mass is 473 g/mol. The minimum atomic E-state index is -0.864. The third kappa shape index (κ3) is 4.10. The van der Waals surface area contributed by atoms with Crippen LogP contribution in [0.25, 0.3) is 5.76 Å². The van der Waals surface area contributed by atoms with E-state index in [0.717, 1.165) is 11.1 Å². The van der Waals surface area contributed by atoms with Gasteiger partial charge in [-0.15, -0.1) is 0 Å². The topological polar surface area (TPSA) is 85.3 Å². The van der Waals surface area contributed by atoms with Crippen molar-refractivity contribution >= 4 is 23.1 Å². The molecule has 7 heteroatoms. The van der Waals surface area contributed by atoms with Gasteiger partial charge in [-0.2, -0.15) is 0 Å². The van der Waals surface area contributed by atoms with Gasteiger partial charge in [0.25, 0.3) is 11.7 Å². The van der Waals surface area contributed by atoms with E-state index in [-0.39, 0.29) is 16.9 Å². The van der Waals surface area contributed by atoms with Gasteiger partial charge in [-0.25, -0.2) is 0 Å². The highest BCUT2D eigenvalue weighted by Crippen LogP contribution is 2.45. The number of amides is 1. The quantitative estimate of drug-likeness (QED) is 0.310. The first-order valence-corrected chi connectivity index (χ1v) is 11.1. The lowest BCUT2D eigenvalue weighted by Gasteiger charge is -2.27. The number of hydrogen-bond donors (Lipinski definition) is 1. The molecule has 0 saturated carbocycles. The summed E-state index contributed by atoms with van der Waals surface area (Å²) in [4.78, 5) is 28.4. The van der Waals surface area contributed by atoms with Crippen LogP contribution in [0.4, 0.5) is 5.69 Å². The molecule has 3 aromatic carbocycles. The van der Waals surface area contributed by atoms with Gasteiger partial charge in [0.2, 0.25) is 0 Å². The highest BCUT2D eigenvalue weighted by atomic mass is 16.5. The van der Waals surface area contributed by atoms with Crippen LogP contribution in [0.15, 0.2) is 66.2 Å². The fourth-order valence-electron chi connectivity index (χ4n) is 4.32. The number of Topliss-reactive ketones (excluding diaryl/α,β-unsaturated/α-hetero) is 1. The van der Waals surface area contributed by atoms with Crippen molar-refractivity contribution in [2.24, 2.45) is 0 Å². The fraction of sp³-hybridized carbons (Fsp3) is 0.214. The zero-order valence-corrected chi connectivity index (χ0v) is 20.3. The summed E-state index contributed by atoms with van der Waals surface area (Å²) in [6.45, 7) is 3.85. The number of carbonyl (C=O) groups excluding carboxylic acids is 2. The Labute approximate surface area is 204 Å². The van der Waals surface area contributed by atoms with Crippen LogP contribution in [0, 0.1) is 13.8 Å². The average molecular weight is 474 g/mol. The molecule has 1 N–H and O–H groups in total. The van der Waals surface area contributed by atoms with Crippen LogP contribution in [0.3, 0.4) is 0 Å². The first-order chi connectivity index (χ1) is 16.8. The van der Waals surface area contributed by atoms with E-state index in [0.29, 0.717) is 28.5 Å². The molecule has 1 atom stereocenters. The lowest BCUT2D eigenvalue weighted by molar-refractivity contribution is -0.132. The summed E-state index contributed by atoms with van der Waals surface area (Å²) in [7, 11) is 4.53. The highest BCUT2D eigenvalue weighted by molar-refractivity contribution is 6.51. The number of nitrogens with zero attached hydrogens (tertiary/aromatic N) is 1. The van der Waals surface area contributed by atoms with E-state index >= 15 is 0 Å². The van der Waals surface area contributed by atoms with Crippen molar-refractivity contribution in [3.05, 3.63) is 88.5 Å². The number of methoxy groups -OCH3 is 3. The Balaban J connectivity index is 2.01. The molecule has 0 aliphatic carbocycles. The molecule has 0 radical (unpaired) electrons. The first kappa shape index (κ1) is 23.9. The third-order valence-corrected chi connectivity index (χ3v) is 6.37. The first-order valence-electron chi connectivity index (χ1n) is 11.1. The summed E-state index contributed by atoms with van der Waals surface area (Å²) in [5.41, 5.74) is 3.31. The van der Waals surface area contributed by atoms with Gasteiger partial charge in [0.05, 0.1) is 38.5 Å². The Kier molecular flexibility index (Phi) is 6.51. The highest BCUT2D eigenvalue weighted by Gasteiger charge is 2.47. The van der Waals surface area contributed by atoms with Crippen LogP contribution in [-0.2, 0) is 9.59 Å². The molecule has 0 bridgehead atoms. The average Bonchev–Trinajstić information content (AvgIpc) is 3.15. The van der Waals surface area contributed by atoms with Crippen LogP contribution in [0.1, 0.15) is 28.3 Å². The molecule has 3 aromatic rings. The van der Waals surface area contributed by atoms with E-state index in [1.165, 1.54) is 19.1 Å².